The van der Waals surface area contributed by atoms with Crippen molar-refractivity contribution in [1.29, 1.82) is 0 Å². The molecule has 1 aliphatic heterocycles. The number of halogens is 2. The van der Waals surface area contributed by atoms with Crippen LogP contribution in [-0.2, 0) is 12.0 Å². The number of amides is 1. The van der Waals surface area contributed by atoms with Crippen LogP contribution in [0.4, 0.5) is 5.69 Å². The van der Waals surface area contributed by atoms with Crippen LogP contribution in [0.15, 0.2) is 23.6 Å². The van der Waals surface area contributed by atoms with E-state index in [9.17, 15) is 4.79 Å². The molecule has 2 heterocycles. The van der Waals surface area contributed by atoms with Gasteiger partial charge in [-0.05, 0) is 24.6 Å². The maximum absolute atomic E-state index is 12.8. The Balaban J connectivity index is 0.00000196. The predicted octanol–water partition coefficient (Wildman–Crippen LogP) is 4.13. The zero-order chi connectivity index (χ0) is 18.9. The Hall–Kier alpha value is -1.34. The second-order valence-electron chi connectivity index (χ2n) is 8.04. The Morgan fingerprint density at radius 1 is 1.18 bits per heavy atom. The van der Waals surface area contributed by atoms with Gasteiger partial charge in [0, 0.05) is 54.8 Å². The summed E-state index contributed by atoms with van der Waals surface area (Å²) >= 11 is 1.74. The molecule has 0 saturated carbocycles. The van der Waals surface area contributed by atoms with Crippen molar-refractivity contribution < 1.29 is 4.79 Å². The number of nitrogen functional groups attached to an aromatic ring is 1. The average Bonchev–Trinajstić information content (AvgIpc) is 3.06. The minimum Gasteiger partial charge on any atom is -0.399 e. The standard InChI is InChI=1S/C20H28N4OS.2ClH/c1-14-5-6-15(21)11-17(14)18(25)24-9-7-23(8-10-24)12-16-13-26-19(22-16)20(2,3)4;;/h5-6,11,13H,7-10,12,21H2,1-4H3;2*1H. The van der Waals surface area contributed by atoms with Crippen molar-refractivity contribution in [3.63, 3.8) is 0 Å². The highest BCUT2D eigenvalue weighted by molar-refractivity contribution is 7.09. The van der Waals surface area contributed by atoms with Gasteiger partial charge in [0.05, 0.1) is 10.7 Å². The Labute approximate surface area is 184 Å². The zero-order valence-corrected chi connectivity index (χ0v) is 19.3. The number of rotatable bonds is 3. The number of nitrogens with two attached hydrogens (primary N) is 1. The molecule has 3 rings (SSSR count). The van der Waals surface area contributed by atoms with Crippen molar-refractivity contribution in [2.24, 2.45) is 0 Å². The number of nitrogens with zero attached hydrogens (tertiary/aromatic N) is 3. The summed E-state index contributed by atoms with van der Waals surface area (Å²) in [5.74, 6) is 0.0816. The highest BCUT2D eigenvalue weighted by atomic mass is 35.5. The summed E-state index contributed by atoms with van der Waals surface area (Å²) in [4.78, 5) is 21.9. The largest absolute Gasteiger partial charge is 0.399 e. The van der Waals surface area contributed by atoms with Crippen LogP contribution in [0.3, 0.4) is 0 Å². The molecule has 0 unspecified atom stereocenters. The van der Waals surface area contributed by atoms with E-state index in [1.807, 2.05) is 24.0 Å². The van der Waals surface area contributed by atoms with Gasteiger partial charge in [-0.1, -0.05) is 26.8 Å². The Kier molecular flexibility index (Phi) is 8.75. The number of aryl methyl sites for hydroxylation is 1. The predicted molar refractivity (Wildman–Crippen MR) is 122 cm³/mol. The van der Waals surface area contributed by atoms with Gasteiger partial charge >= 0.3 is 0 Å². The molecule has 0 radical (unpaired) electrons. The second-order valence-corrected chi connectivity index (χ2v) is 8.89. The highest BCUT2D eigenvalue weighted by Crippen LogP contribution is 2.26. The fourth-order valence-corrected chi connectivity index (χ4v) is 4.00. The maximum atomic E-state index is 12.8. The van der Waals surface area contributed by atoms with Crippen molar-refractivity contribution in [1.82, 2.24) is 14.8 Å². The van der Waals surface area contributed by atoms with Crippen LogP contribution in [0.1, 0.15) is 47.4 Å². The molecule has 28 heavy (non-hydrogen) atoms. The van der Waals surface area contributed by atoms with Crippen molar-refractivity contribution in [3.05, 3.63) is 45.4 Å². The summed E-state index contributed by atoms with van der Waals surface area (Å²) in [6.07, 6.45) is 0. The Morgan fingerprint density at radius 3 is 2.39 bits per heavy atom. The first kappa shape index (κ1) is 24.7. The molecule has 1 fully saturated rings. The van der Waals surface area contributed by atoms with E-state index in [0.29, 0.717) is 11.3 Å². The Bertz CT molecular complexity index is 796. The summed E-state index contributed by atoms with van der Waals surface area (Å²) in [7, 11) is 0. The summed E-state index contributed by atoms with van der Waals surface area (Å²) in [5.41, 5.74) is 9.41. The topological polar surface area (TPSA) is 62.5 Å². The van der Waals surface area contributed by atoms with Crippen LogP contribution < -0.4 is 5.73 Å². The molecule has 0 bridgehead atoms. The number of anilines is 1. The summed E-state index contributed by atoms with van der Waals surface area (Å²) in [6, 6.07) is 5.53. The minimum atomic E-state index is 0. The van der Waals surface area contributed by atoms with E-state index in [1.165, 1.54) is 5.01 Å². The summed E-state index contributed by atoms with van der Waals surface area (Å²) in [5, 5.41) is 3.34. The molecule has 8 heteroatoms. The van der Waals surface area contributed by atoms with E-state index < -0.39 is 0 Å². The van der Waals surface area contributed by atoms with Gasteiger partial charge in [-0.25, -0.2) is 4.98 Å². The Morgan fingerprint density at radius 2 is 1.82 bits per heavy atom. The lowest BCUT2D eigenvalue weighted by Gasteiger charge is -2.34. The van der Waals surface area contributed by atoms with Crippen molar-refractivity contribution >= 4 is 47.7 Å². The van der Waals surface area contributed by atoms with E-state index in [-0.39, 0.29) is 36.1 Å². The number of benzene rings is 1. The van der Waals surface area contributed by atoms with E-state index in [2.05, 4.69) is 31.1 Å². The second kappa shape index (κ2) is 9.92. The van der Waals surface area contributed by atoms with E-state index in [0.717, 1.165) is 44.0 Å². The highest BCUT2D eigenvalue weighted by Gasteiger charge is 2.24. The van der Waals surface area contributed by atoms with Gasteiger partial charge in [0.2, 0.25) is 0 Å². The maximum Gasteiger partial charge on any atom is 0.254 e. The summed E-state index contributed by atoms with van der Waals surface area (Å²) < 4.78 is 0. The third kappa shape index (κ3) is 5.83. The normalized spacial score (nSPS) is 14.9. The molecular formula is C20H30Cl2N4OS. The van der Waals surface area contributed by atoms with Gasteiger partial charge < -0.3 is 10.6 Å². The lowest BCUT2D eigenvalue weighted by atomic mass is 9.98. The van der Waals surface area contributed by atoms with Gasteiger partial charge in [-0.2, -0.15) is 0 Å². The van der Waals surface area contributed by atoms with Crippen molar-refractivity contribution in [3.8, 4) is 0 Å². The lowest BCUT2D eigenvalue weighted by Crippen LogP contribution is -2.48. The zero-order valence-electron chi connectivity index (χ0n) is 16.9. The van der Waals surface area contributed by atoms with E-state index in [4.69, 9.17) is 10.7 Å². The van der Waals surface area contributed by atoms with Gasteiger partial charge in [0.1, 0.15) is 0 Å². The number of aromatic nitrogens is 1. The molecule has 0 aliphatic carbocycles. The number of carbonyl (C=O) groups is 1. The molecular weight excluding hydrogens is 415 g/mol. The molecule has 1 amide bonds. The molecule has 1 aliphatic rings. The first-order valence-electron chi connectivity index (χ1n) is 9.06. The number of carbonyl (C=O) groups excluding carboxylic acids is 1. The monoisotopic (exact) mass is 444 g/mol. The van der Waals surface area contributed by atoms with Crippen LogP contribution in [0.5, 0.6) is 0 Å². The lowest BCUT2D eigenvalue weighted by molar-refractivity contribution is 0.0626. The van der Waals surface area contributed by atoms with Crippen molar-refractivity contribution in [2.45, 2.75) is 39.7 Å². The number of piperazine rings is 1. The molecule has 0 atom stereocenters. The van der Waals surface area contributed by atoms with Crippen molar-refractivity contribution in [2.75, 3.05) is 31.9 Å². The quantitative estimate of drug-likeness (QED) is 0.722. The first-order chi connectivity index (χ1) is 12.2. The van der Waals surface area contributed by atoms with Gasteiger partial charge in [-0.15, -0.1) is 36.2 Å². The SMILES string of the molecule is Cc1ccc(N)cc1C(=O)N1CCN(Cc2csc(C(C)(C)C)n2)CC1.Cl.Cl. The third-order valence-corrected chi connectivity index (χ3v) is 6.05. The first-order valence-corrected chi connectivity index (χ1v) is 9.94. The van der Waals surface area contributed by atoms with Crippen LogP contribution in [0, 0.1) is 6.92 Å². The van der Waals surface area contributed by atoms with Crippen LogP contribution in [-0.4, -0.2) is 46.9 Å². The van der Waals surface area contributed by atoms with Crippen LogP contribution in [0.25, 0.3) is 0 Å². The van der Waals surface area contributed by atoms with E-state index >= 15 is 0 Å². The van der Waals surface area contributed by atoms with Crippen LogP contribution in [0.2, 0.25) is 0 Å². The van der Waals surface area contributed by atoms with Gasteiger partial charge in [0.15, 0.2) is 0 Å². The molecule has 0 spiro atoms. The van der Waals surface area contributed by atoms with Crippen LogP contribution >= 0.6 is 36.2 Å². The summed E-state index contributed by atoms with van der Waals surface area (Å²) in [6.45, 7) is 12.6. The number of hydrogen-bond acceptors (Lipinski definition) is 5. The molecule has 1 aromatic carbocycles. The molecule has 2 aromatic rings. The fraction of sp³-hybridized carbons (Fsp3) is 0.500. The minimum absolute atomic E-state index is 0. The number of hydrogen-bond donors (Lipinski definition) is 1. The fourth-order valence-electron chi connectivity index (χ4n) is 3.10. The third-order valence-electron chi connectivity index (χ3n) is 4.73. The van der Waals surface area contributed by atoms with Gasteiger partial charge in [0.25, 0.3) is 5.91 Å². The van der Waals surface area contributed by atoms with Gasteiger partial charge in [-0.3, -0.25) is 9.69 Å². The van der Waals surface area contributed by atoms with E-state index in [1.54, 1.807) is 17.4 Å². The molecule has 1 aromatic heterocycles. The molecule has 1 saturated heterocycles. The number of thiazole rings is 1. The smallest absolute Gasteiger partial charge is 0.254 e. The molecule has 2 N–H and O–H groups in total. The molecule has 5 nitrogen and oxygen atoms in total. The average molecular weight is 445 g/mol. The molecule has 156 valence electrons.